The fraction of sp³-hybridized carbons (Fsp3) is 0.261. The standard InChI is InChI=1S/C23H24N6O2S/c1-4-29-19(13-20(30)24-18-11-10-15(2)16(3)12-18)25-28-23(29)32-14-21-26-27-22(31-21)17-8-6-5-7-9-17/h5-12H,4,13-14H2,1-3H3,(H,24,30). The molecule has 2 heterocycles. The first kappa shape index (κ1) is 21.8. The number of thioether (sulfide) groups is 1. The Kier molecular flexibility index (Phi) is 6.65. The molecule has 0 atom stereocenters. The molecular weight excluding hydrogens is 424 g/mol. The molecule has 8 nitrogen and oxygen atoms in total. The van der Waals surface area contributed by atoms with Crippen LogP contribution < -0.4 is 5.32 Å². The average Bonchev–Trinajstić information content (AvgIpc) is 3.42. The van der Waals surface area contributed by atoms with E-state index in [1.54, 1.807) is 0 Å². The lowest BCUT2D eigenvalue weighted by molar-refractivity contribution is -0.115. The van der Waals surface area contributed by atoms with Crippen LogP contribution >= 0.6 is 11.8 Å². The maximum atomic E-state index is 12.5. The highest BCUT2D eigenvalue weighted by Gasteiger charge is 2.17. The minimum Gasteiger partial charge on any atom is -0.420 e. The summed E-state index contributed by atoms with van der Waals surface area (Å²) in [7, 11) is 0. The fourth-order valence-electron chi connectivity index (χ4n) is 3.18. The Morgan fingerprint density at radius 3 is 2.59 bits per heavy atom. The summed E-state index contributed by atoms with van der Waals surface area (Å²) in [5, 5.41) is 20.4. The molecule has 0 aliphatic rings. The molecule has 1 N–H and O–H groups in total. The van der Waals surface area contributed by atoms with Gasteiger partial charge in [-0.25, -0.2) is 0 Å². The fourth-order valence-corrected chi connectivity index (χ4v) is 4.04. The topological polar surface area (TPSA) is 98.7 Å². The lowest BCUT2D eigenvalue weighted by atomic mass is 10.1. The number of hydrogen-bond acceptors (Lipinski definition) is 7. The second kappa shape index (κ2) is 9.78. The number of hydrogen-bond donors (Lipinski definition) is 1. The summed E-state index contributed by atoms with van der Waals surface area (Å²) in [6.07, 6.45) is 0.146. The minimum absolute atomic E-state index is 0.128. The summed E-state index contributed by atoms with van der Waals surface area (Å²) in [6, 6.07) is 15.5. The predicted octanol–water partition coefficient (Wildman–Crippen LogP) is 4.44. The summed E-state index contributed by atoms with van der Waals surface area (Å²) >= 11 is 1.45. The molecule has 1 amide bonds. The minimum atomic E-state index is -0.128. The highest BCUT2D eigenvalue weighted by Crippen LogP contribution is 2.24. The molecule has 0 saturated carbocycles. The van der Waals surface area contributed by atoms with E-state index in [0.717, 1.165) is 16.8 Å². The van der Waals surface area contributed by atoms with E-state index < -0.39 is 0 Å². The second-order valence-corrected chi connectivity index (χ2v) is 8.27. The first-order chi connectivity index (χ1) is 15.5. The molecule has 2 aromatic carbocycles. The molecule has 0 spiro atoms. The number of nitrogens with zero attached hydrogens (tertiary/aromatic N) is 5. The van der Waals surface area contributed by atoms with Crippen molar-refractivity contribution in [3.8, 4) is 11.5 Å². The molecule has 9 heteroatoms. The third-order valence-corrected chi connectivity index (χ3v) is 5.98. The van der Waals surface area contributed by atoms with Crippen LogP contribution in [0.5, 0.6) is 0 Å². The van der Waals surface area contributed by atoms with Crippen molar-refractivity contribution in [1.29, 1.82) is 0 Å². The molecular formula is C23H24N6O2S. The Balaban J connectivity index is 1.39. The van der Waals surface area contributed by atoms with Crippen LogP contribution in [-0.2, 0) is 23.5 Å². The monoisotopic (exact) mass is 448 g/mol. The van der Waals surface area contributed by atoms with Gasteiger partial charge in [0, 0.05) is 17.8 Å². The molecule has 0 radical (unpaired) electrons. The van der Waals surface area contributed by atoms with E-state index in [1.165, 1.54) is 17.3 Å². The predicted molar refractivity (Wildman–Crippen MR) is 123 cm³/mol. The molecule has 0 saturated heterocycles. The number of aryl methyl sites for hydroxylation is 2. The smallest absolute Gasteiger partial charge is 0.247 e. The molecule has 4 aromatic rings. The van der Waals surface area contributed by atoms with Gasteiger partial charge in [-0.2, -0.15) is 0 Å². The average molecular weight is 449 g/mol. The third-order valence-electron chi connectivity index (χ3n) is 5.03. The van der Waals surface area contributed by atoms with Crippen LogP contribution in [0, 0.1) is 13.8 Å². The Labute approximate surface area is 190 Å². The maximum absolute atomic E-state index is 12.5. The van der Waals surface area contributed by atoms with Gasteiger partial charge < -0.3 is 14.3 Å². The third kappa shape index (κ3) is 5.05. The van der Waals surface area contributed by atoms with E-state index in [4.69, 9.17) is 4.42 Å². The van der Waals surface area contributed by atoms with E-state index in [0.29, 0.717) is 35.1 Å². The zero-order valence-corrected chi connectivity index (χ0v) is 19.0. The van der Waals surface area contributed by atoms with Gasteiger partial charge in [0.05, 0.1) is 12.2 Å². The van der Waals surface area contributed by atoms with Crippen molar-refractivity contribution in [3.05, 3.63) is 71.4 Å². The van der Waals surface area contributed by atoms with Crippen LogP contribution in [-0.4, -0.2) is 30.9 Å². The second-order valence-electron chi connectivity index (χ2n) is 7.32. The molecule has 0 bridgehead atoms. The van der Waals surface area contributed by atoms with Crippen molar-refractivity contribution in [2.24, 2.45) is 0 Å². The van der Waals surface area contributed by atoms with Gasteiger partial charge >= 0.3 is 0 Å². The molecule has 164 valence electrons. The maximum Gasteiger partial charge on any atom is 0.247 e. The van der Waals surface area contributed by atoms with Crippen LogP contribution in [0.3, 0.4) is 0 Å². The van der Waals surface area contributed by atoms with Crippen molar-refractivity contribution in [1.82, 2.24) is 25.0 Å². The van der Waals surface area contributed by atoms with Crippen LogP contribution in [0.1, 0.15) is 29.8 Å². The van der Waals surface area contributed by atoms with E-state index in [9.17, 15) is 4.79 Å². The van der Waals surface area contributed by atoms with Gasteiger partial charge in [0.25, 0.3) is 0 Å². The van der Waals surface area contributed by atoms with Crippen molar-refractivity contribution in [2.45, 2.75) is 44.6 Å². The molecule has 0 aliphatic carbocycles. The first-order valence-electron chi connectivity index (χ1n) is 10.3. The van der Waals surface area contributed by atoms with Crippen molar-refractivity contribution in [3.63, 3.8) is 0 Å². The largest absolute Gasteiger partial charge is 0.420 e. The number of nitrogens with one attached hydrogen (secondary N) is 1. The van der Waals surface area contributed by atoms with Crippen LogP contribution in [0.4, 0.5) is 5.69 Å². The van der Waals surface area contributed by atoms with Crippen LogP contribution in [0.15, 0.2) is 58.1 Å². The lowest BCUT2D eigenvalue weighted by Crippen LogP contribution is -2.17. The zero-order chi connectivity index (χ0) is 22.5. The highest BCUT2D eigenvalue weighted by molar-refractivity contribution is 7.98. The lowest BCUT2D eigenvalue weighted by Gasteiger charge is -2.09. The van der Waals surface area contributed by atoms with Gasteiger partial charge in [-0.1, -0.05) is 36.0 Å². The normalized spacial score (nSPS) is 11.0. The first-order valence-corrected chi connectivity index (χ1v) is 11.3. The quantitative estimate of drug-likeness (QED) is 0.398. The number of carbonyl (C=O) groups excluding carboxylic acids is 1. The molecule has 0 aliphatic heterocycles. The summed E-state index contributed by atoms with van der Waals surface area (Å²) in [5.41, 5.74) is 3.98. The van der Waals surface area contributed by atoms with Crippen molar-refractivity contribution >= 4 is 23.4 Å². The van der Waals surface area contributed by atoms with E-state index in [2.05, 4.69) is 25.7 Å². The summed E-state index contributed by atoms with van der Waals surface area (Å²) in [4.78, 5) is 12.5. The van der Waals surface area contributed by atoms with Crippen LogP contribution in [0.2, 0.25) is 0 Å². The van der Waals surface area contributed by atoms with Crippen LogP contribution in [0.25, 0.3) is 11.5 Å². The van der Waals surface area contributed by atoms with Crippen molar-refractivity contribution in [2.75, 3.05) is 5.32 Å². The van der Waals surface area contributed by atoms with E-state index in [-0.39, 0.29) is 12.3 Å². The van der Waals surface area contributed by atoms with Gasteiger partial charge in [-0.15, -0.1) is 20.4 Å². The Morgan fingerprint density at radius 1 is 1.03 bits per heavy atom. The SMILES string of the molecule is CCn1c(CC(=O)Nc2ccc(C)c(C)c2)nnc1SCc1nnc(-c2ccccc2)o1. The van der Waals surface area contributed by atoms with Gasteiger partial charge in [0.15, 0.2) is 5.16 Å². The Bertz CT molecular complexity index is 1220. The number of anilines is 1. The summed E-state index contributed by atoms with van der Waals surface area (Å²) < 4.78 is 7.69. The summed E-state index contributed by atoms with van der Waals surface area (Å²) in [5.74, 6) is 1.95. The molecule has 0 unspecified atom stereocenters. The molecule has 2 aromatic heterocycles. The molecule has 32 heavy (non-hydrogen) atoms. The Morgan fingerprint density at radius 2 is 1.84 bits per heavy atom. The number of amides is 1. The number of aromatic nitrogens is 5. The zero-order valence-electron chi connectivity index (χ0n) is 18.2. The van der Waals surface area contributed by atoms with Gasteiger partial charge in [0.2, 0.25) is 17.7 Å². The Hall–Kier alpha value is -3.46. The van der Waals surface area contributed by atoms with Crippen molar-refractivity contribution < 1.29 is 9.21 Å². The highest BCUT2D eigenvalue weighted by atomic mass is 32.2. The van der Waals surface area contributed by atoms with Gasteiger partial charge in [-0.05, 0) is 56.2 Å². The molecule has 4 rings (SSSR count). The molecule has 0 fully saturated rings. The van der Waals surface area contributed by atoms with E-state index >= 15 is 0 Å². The number of carbonyl (C=O) groups is 1. The van der Waals surface area contributed by atoms with Gasteiger partial charge in [0.1, 0.15) is 5.82 Å². The number of benzene rings is 2. The van der Waals surface area contributed by atoms with E-state index in [1.807, 2.05) is 73.9 Å². The van der Waals surface area contributed by atoms with Gasteiger partial charge in [-0.3, -0.25) is 4.79 Å². The summed E-state index contributed by atoms with van der Waals surface area (Å²) in [6.45, 7) is 6.72. The number of rotatable bonds is 8.